The summed E-state index contributed by atoms with van der Waals surface area (Å²) in [4.78, 5) is 16.8. The van der Waals surface area contributed by atoms with Gasteiger partial charge in [0.25, 0.3) is 0 Å². The topological polar surface area (TPSA) is 57.1 Å². The molecule has 0 unspecified atom stereocenters. The number of cyclic esters (lactones) is 1. The van der Waals surface area contributed by atoms with Gasteiger partial charge in [-0.1, -0.05) is 40.2 Å². The lowest BCUT2D eigenvalue weighted by Crippen LogP contribution is -2.05. The molecule has 0 amide bonds. The average molecular weight is 618 g/mol. The molecular weight excluding hydrogens is 597 g/mol. The van der Waals surface area contributed by atoms with E-state index in [0.29, 0.717) is 24.7 Å². The fraction of sp³-hybridized carbons (Fsp3) is 0.154. The summed E-state index contributed by atoms with van der Waals surface area (Å²) in [5, 5.41) is 0. The van der Waals surface area contributed by atoms with E-state index in [0.717, 1.165) is 24.7 Å². The lowest BCUT2D eigenvalue weighted by Gasteiger charge is -2.15. The van der Waals surface area contributed by atoms with Gasteiger partial charge in [0, 0.05) is 10.0 Å². The molecule has 0 saturated heterocycles. The molecule has 0 radical (unpaired) electrons. The summed E-state index contributed by atoms with van der Waals surface area (Å²) in [6.07, 6.45) is 1.70. The van der Waals surface area contributed by atoms with Crippen LogP contribution in [0.25, 0.3) is 6.08 Å². The van der Waals surface area contributed by atoms with E-state index in [4.69, 9.17) is 14.2 Å². The molecule has 3 aromatic rings. The van der Waals surface area contributed by atoms with Crippen molar-refractivity contribution in [1.29, 1.82) is 0 Å². The predicted molar refractivity (Wildman–Crippen MR) is 141 cm³/mol. The third kappa shape index (κ3) is 5.65. The minimum absolute atomic E-state index is 0.236. The van der Waals surface area contributed by atoms with Crippen LogP contribution in [-0.2, 0) is 16.1 Å². The summed E-state index contributed by atoms with van der Waals surface area (Å²) in [5.74, 6) is 1.10. The van der Waals surface area contributed by atoms with Crippen LogP contribution in [0.15, 0.2) is 75.8 Å². The van der Waals surface area contributed by atoms with Crippen molar-refractivity contribution in [3.8, 4) is 11.5 Å². The van der Waals surface area contributed by atoms with Crippen LogP contribution in [-0.4, -0.2) is 18.5 Å². The Morgan fingerprint density at radius 3 is 2.58 bits per heavy atom. The summed E-state index contributed by atoms with van der Waals surface area (Å²) in [6, 6.07) is 19.3. The van der Waals surface area contributed by atoms with Crippen molar-refractivity contribution in [1.82, 2.24) is 0 Å². The van der Waals surface area contributed by atoms with Crippen molar-refractivity contribution in [2.24, 2.45) is 4.99 Å². The highest BCUT2D eigenvalue weighted by Gasteiger charge is 2.24. The highest BCUT2D eigenvalue weighted by molar-refractivity contribution is 14.1. The lowest BCUT2D eigenvalue weighted by atomic mass is 10.1. The van der Waals surface area contributed by atoms with Crippen molar-refractivity contribution >= 4 is 56.5 Å². The van der Waals surface area contributed by atoms with Crippen LogP contribution in [0.5, 0.6) is 11.5 Å². The zero-order valence-electron chi connectivity index (χ0n) is 18.1. The highest BCUT2D eigenvalue weighted by atomic mass is 127. The summed E-state index contributed by atoms with van der Waals surface area (Å²) in [7, 11) is 0. The summed E-state index contributed by atoms with van der Waals surface area (Å²) < 4.78 is 19.2. The van der Waals surface area contributed by atoms with Gasteiger partial charge in [0.15, 0.2) is 17.2 Å². The molecule has 3 aromatic carbocycles. The van der Waals surface area contributed by atoms with E-state index >= 15 is 0 Å². The van der Waals surface area contributed by atoms with Gasteiger partial charge in [-0.3, -0.25) is 0 Å². The number of nitrogens with zero attached hydrogens (tertiary/aromatic N) is 1. The number of ether oxygens (including phenoxy) is 3. The third-order valence-electron chi connectivity index (χ3n) is 4.98. The Bertz CT molecular complexity index is 1250. The first kappa shape index (κ1) is 23.5. The molecular formula is C26H21BrINO4. The fourth-order valence-corrected chi connectivity index (χ4v) is 4.32. The zero-order chi connectivity index (χ0) is 23.4. The molecule has 0 aliphatic carbocycles. The maximum absolute atomic E-state index is 12.4. The van der Waals surface area contributed by atoms with Gasteiger partial charge in [0.05, 0.1) is 10.2 Å². The molecule has 0 atom stereocenters. The second kappa shape index (κ2) is 10.5. The Labute approximate surface area is 214 Å². The van der Waals surface area contributed by atoms with Crippen LogP contribution in [0, 0.1) is 10.5 Å². The van der Waals surface area contributed by atoms with E-state index in [2.05, 4.69) is 56.5 Å². The van der Waals surface area contributed by atoms with Crippen molar-refractivity contribution in [2.75, 3.05) is 6.61 Å². The maximum atomic E-state index is 12.4. The van der Waals surface area contributed by atoms with Crippen LogP contribution >= 0.6 is 38.5 Å². The van der Waals surface area contributed by atoms with E-state index in [1.165, 1.54) is 5.56 Å². The normalized spacial score (nSPS) is 14.2. The number of hydrogen-bond donors (Lipinski definition) is 0. The summed E-state index contributed by atoms with van der Waals surface area (Å²) >= 11 is 5.62. The summed E-state index contributed by atoms with van der Waals surface area (Å²) in [5.41, 5.74) is 4.04. The fourth-order valence-electron chi connectivity index (χ4n) is 3.28. The Morgan fingerprint density at radius 2 is 1.85 bits per heavy atom. The largest absolute Gasteiger partial charge is 0.490 e. The number of benzene rings is 3. The molecule has 1 heterocycles. The third-order valence-corrected chi connectivity index (χ3v) is 6.31. The van der Waals surface area contributed by atoms with Crippen molar-refractivity contribution in [3.05, 3.63) is 96.7 Å². The molecule has 0 fully saturated rings. The van der Waals surface area contributed by atoms with Gasteiger partial charge < -0.3 is 14.2 Å². The number of hydrogen-bond acceptors (Lipinski definition) is 5. The Morgan fingerprint density at radius 1 is 1.09 bits per heavy atom. The van der Waals surface area contributed by atoms with Crippen molar-refractivity contribution in [2.45, 2.75) is 20.5 Å². The van der Waals surface area contributed by atoms with E-state index in [9.17, 15) is 4.79 Å². The van der Waals surface area contributed by atoms with Gasteiger partial charge >= 0.3 is 5.97 Å². The van der Waals surface area contributed by atoms with Crippen molar-refractivity contribution < 1.29 is 19.0 Å². The zero-order valence-corrected chi connectivity index (χ0v) is 21.8. The summed E-state index contributed by atoms with van der Waals surface area (Å²) in [6.45, 7) is 4.92. The first-order valence-corrected chi connectivity index (χ1v) is 12.2. The number of rotatable bonds is 7. The van der Waals surface area contributed by atoms with E-state index in [1.54, 1.807) is 6.08 Å². The average Bonchev–Trinajstić information content (AvgIpc) is 3.15. The molecule has 0 N–H and O–H groups in total. The molecule has 0 saturated carbocycles. The Kier molecular flexibility index (Phi) is 7.49. The molecule has 33 heavy (non-hydrogen) atoms. The van der Waals surface area contributed by atoms with E-state index < -0.39 is 5.97 Å². The van der Waals surface area contributed by atoms with Crippen LogP contribution in [0.1, 0.15) is 29.2 Å². The number of halogens is 2. The number of carbonyl (C=O) groups excluding carboxylic acids is 1. The van der Waals surface area contributed by atoms with E-state index in [1.807, 2.05) is 61.5 Å². The number of aliphatic imine (C=N–C) groups is 1. The lowest BCUT2D eigenvalue weighted by molar-refractivity contribution is -0.129. The first-order valence-electron chi connectivity index (χ1n) is 10.4. The maximum Gasteiger partial charge on any atom is 0.363 e. The smallest absolute Gasteiger partial charge is 0.363 e. The van der Waals surface area contributed by atoms with Gasteiger partial charge in [-0.15, -0.1) is 0 Å². The molecule has 5 nitrogen and oxygen atoms in total. The first-order chi connectivity index (χ1) is 15.9. The van der Waals surface area contributed by atoms with E-state index in [-0.39, 0.29) is 11.6 Å². The quantitative estimate of drug-likeness (QED) is 0.169. The second-order valence-electron chi connectivity index (χ2n) is 7.32. The van der Waals surface area contributed by atoms with Crippen LogP contribution in [0.3, 0.4) is 0 Å². The minimum Gasteiger partial charge on any atom is -0.490 e. The monoisotopic (exact) mass is 617 g/mol. The molecule has 0 aromatic heterocycles. The second-order valence-corrected chi connectivity index (χ2v) is 9.40. The van der Waals surface area contributed by atoms with Gasteiger partial charge in [-0.2, -0.15) is 0 Å². The predicted octanol–water partition coefficient (Wildman–Crippen LogP) is 6.68. The van der Waals surface area contributed by atoms with Gasteiger partial charge in [-0.25, -0.2) is 9.79 Å². The van der Waals surface area contributed by atoms with Gasteiger partial charge in [0.2, 0.25) is 5.90 Å². The van der Waals surface area contributed by atoms with Crippen LogP contribution in [0.2, 0.25) is 0 Å². The Hall–Kier alpha value is -2.65. The number of aryl methyl sites for hydroxylation is 1. The molecule has 4 rings (SSSR count). The number of carbonyl (C=O) groups is 1. The van der Waals surface area contributed by atoms with Crippen LogP contribution in [0.4, 0.5) is 0 Å². The van der Waals surface area contributed by atoms with Gasteiger partial charge in [-0.05, 0) is 95.6 Å². The molecule has 1 aliphatic heterocycles. The molecule has 0 bridgehead atoms. The molecule has 168 valence electrons. The molecule has 0 spiro atoms. The van der Waals surface area contributed by atoms with Crippen LogP contribution < -0.4 is 9.47 Å². The highest BCUT2D eigenvalue weighted by Crippen LogP contribution is 2.36. The van der Waals surface area contributed by atoms with Crippen molar-refractivity contribution in [3.63, 3.8) is 0 Å². The number of esters is 1. The standard InChI is InChI=1S/C26H21BrINO4/c1-3-31-23-14-17(12-21(28)24(23)32-15-19-7-5-4-6-16(19)2)13-22-26(30)33-25(29-22)18-8-10-20(27)11-9-18/h4-14H,3,15H2,1-2H3/b22-13-. The molecule has 1 aliphatic rings. The van der Waals surface area contributed by atoms with Gasteiger partial charge in [0.1, 0.15) is 6.61 Å². The minimum atomic E-state index is -0.485. The Balaban J connectivity index is 1.61. The molecule has 7 heteroatoms. The SMILES string of the molecule is CCOc1cc(/C=C2\N=C(c3ccc(Br)cc3)OC2=O)cc(I)c1OCc1ccccc1C.